The molecule has 0 aromatic heterocycles. The number of carbonyl (C=O) groups is 1. The van der Waals surface area contributed by atoms with Gasteiger partial charge in [0, 0.05) is 6.42 Å². The van der Waals surface area contributed by atoms with Crippen molar-refractivity contribution in [1.29, 1.82) is 0 Å². The smallest absolute Gasteiger partial charge is 0.470 e. The number of aliphatic hydroxyl groups excluding tert-OH is 9. The summed E-state index contributed by atoms with van der Waals surface area (Å²) in [6, 6.07) is 0. The normalized spacial score (nSPS) is 42.7. The van der Waals surface area contributed by atoms with E-state index in [1.165, 1.54) is 0 Å². The predicted molar refractivity (Wildman–Crippen MR) is 140 cm³/mol. The molecule has 3 rings (SSSR count). The molecule has 0 saturated carbocycles. The third kappa shape index (κ3) is 9.90. The Kier molecular flexibility index (Phi) is 14.0. The van der Waals surface area contributed by atoms with Gasteiger partial charge >= 0.3 is 21.6 Å². The highest BCUT2D eigenvalue weighted by atomic mass is 31.2. The molecule has 16 atom stereocenters. The van der Waals surface area contributed by atoms with E-state index in [-0.39, 0.29) is 0 Å². The summed E-state index contributed by atoms with van der Waals surface area (Å²) in [5.41, 5.74) is 0. The van der Waals surface area contributed by atoms with E-state index in [1.54, 1.807) is 0 Å². The van der Waals surface area contributed by atoms with Crippen molar-refractivity contribution in [2.75, 3.05) is 19.8 Å². The maximum Gasteiger partial charge on any atom is 0.470 e. The van der Waals surface area contributed by atoms with Crippen molar-refractivity contribution in [2.45, 2.75) is 104 Å². The van der Waals surface area contributed by atoms with E-state index in [1.807, 2.05) is 0 Å². The van der Waals surface area contributed by atoms with Crippen LogP contribution < -0.4 is 0 Å². The molecular weight excluding hydrogens is 714 g/mol. The molecule has 0 unspecified atom stereocenters. The van der Waals surface area contributed by atoms with Gasteiger partial charge in [-0.05, 0) is 0 Å². The number of phosphoric acid groups is 2. The van der Waals surface area contributed by atoms with E-state index < -0.39 is 146 Å². The molecular formula is C21H38O25P2. The molecule has 0 aromatic rings. The standard InChI is InChI=1S/C21H38O25P2/c22-2-5(24)15-16(7(45-47(34,35)36)1-21(33,44-15)20(31)32)43-19-13(30)17(46-48(37,38)39)12(29)14(42-19)6(25)4-40-18-11(28)10(27)9(26)8(3-23)41-18/h5-19,22-30,33H,1-4H2,(H,31,32)(H2,34,35,36)(H2,37,38,39)/t5-,6+,7-,8-,9+,10+,11-,12-,13+,14-,15-,16-,17+,18-,19-,21-/m1/s1. The maximum absolute atomic E-state index is 11.7. The van der Waals surface area contributed by atoms with Gasteiger partial charge in [0.05, 0.1) is 19.8 Å². The number of hydrogen-bond acceptors (Lipinski definition) is 20. The van der Waals surface area contributed by atoms with Crippen LogP contribution in [-0.2, 0) is 46.7 Å². The lowest BCUT2D eigenvalue weighted by molar-refractivity contribution is -0.364. The number of aliphatic carboxylic acids is 1. The van der Waals surface area contributed by atoms with Gasteiger partial charge in [-0.1, -0.05) is 0 Å². The number of carboxylic acid groups (broad SMARTS) is 1. The number of aliphatic hydroxyl groups is 10. The molecule has 27 heteroatoms. The van der Waals surface area contributed by atoms with Crippen LogP contribution in [0.25, 0.3) is 0 Å². The lowest BCUT2D eigenvalue weighted by Gasteiger charge is -2.48. The molecule has 3 saturated heterocycles. The van der Waals surface area contributed by atoms with Gasteiger partial charge in [0.2, 0.25) is 0 Å². The lowest BCUT2D eigenvalue weighted by atomic mass is 9.91. The van der Waals surface area contributed by atoms with Gasteiger partial charge in [0.15, 0.2) is 12.6 Å². The molecule has 0 amide bonds. The maximum atomic E-state index is 11.7. The Balaban J connectivity index is 1.93. The summed E-state index contributed by atoms with van der Waals surface area (Å²) in [5.74, 6) is -5.47. The molecule has 0 bridgehead atoms. The summed E-state index contributed by atoms with van der Waals surface area (Å²) in [7, 11) is -11.2. The number of carboxylic acids is 1. The Morgan fingerprint density at radius 3 is 1.92 bits per heavy atom. The van der Waals surface area contributed by atoms with Crippen LogP contribution in [0.5, 0.6) is 0 Å². The fourth-order valence-electron chi connectivity index (χ4n) is 5.14. The number of hydrogen-bond donors (Lipinski definition) is 15. The van der Waals surface area contributed by atoms with E-state index in [2.05, 4.69) is 9.05 Å². The van der Waals surface area contributed by atoms with Crippen LogP contribution in [0.3, 0.4) is 0 Å². The van der Waals surface area contributed by atoms with Crippen LogP contribution in [0.1, 0.15) is 6.42 Å². The van der Waals surface area contributed by atoms with Crippen LogP contribution in [0.2, 0.25) is 0 Å². The Morgan fingerprint density at radius 2 is 1.40 bits per heavy atom. The molecule has 25 nitrogen and oxygen atoms in total. The fourth-order valence-corrected chi connectivity index (χ4v) is 6.25. The third-order valence-electron chi connectivity index (χ3n) is 7.46. The van der Waals surface area contributed by atoms with Gasteiger partial charge in [-0.3, -0.25) is 9.05 Å². The van der Waals surface area contributed by atoms with E-state index in [9.17, 15) is 89.7 Å². The first-order valence-corrected chi connectivity index (χ1v) is 16.8. The van der Waals surface area contributed by atoms with E-state index in [0.29, 0.717) is 0 Å². The minimum atomic E-state index is -5.61. The van der Waals surface area contributed by atoms with E-state index in [0.717, 1.165) is 0 Å². The zero-order valence-electron chi connectivity index (χ0n) is 24.2. The van der Waals surface area contributed by atoms with Gasteiger partial charge in [-0.15, -0.1) is 0 Å². The topological polar surface area (TPSA) is 419 Å². The number of rotatable bonds is 14. The van der Waals surface area contributed by atoms with Crippen LogP contribution in [-0.4, -0.2) is 199 Å². The van der Waals surface area contributed by atoms with Gasteiger partial charge in [0.1, 0.15) is 79.4 Å². The molecule has 0 aromatic carbocycles. The van der Waals surface area contributed by atoms with E-state index in [4.69, 9.17) is 23.7 Å². The molecule has 0 spiro atoms. The van der Waals surface area contributed by atoms with Crippen molar-refractivity contribution in [3.05, 3.63) is 0 Å². The van der Waals surface area contributed by atoms with Crippen molar-refractivity contribution < 1.29 is 122 Å². The molecule has 282 valence electrons. The summed E-state index contributed by atoms with van der Waals surface area (Å²) in [5, 5.41) is 111. The highest BCUT2D eigenvalue weighted by molar-refractivity contribution is 7.46. The molecule has 15 N–H and O–H groups in total. The molecule has 3 aliphatic rings. The van der Waals surface area contributed by atoms with Crippen LogP contribution in [0.4, 0.5) is 0 Å². The van der Waals surface area contributed by atoms with Gasteiger partial charge in [-0.25, -0.2) is 13.9 Å². The fraction of sp³-hybridized carbons (Fsp3) is 0.952. The second-order valence-electron chi connectivity index (χ2n) is 11.0. The van der Waals surface area contributed by atoms with Crippen LogP contribution in [0.15, 0.2) is 0 Å². The zero-order valence-corrected chi connectivity index (χ0v) is 26.0. The van der Waals surface area contributed by atoms with Crippen molar-refractivity contribution in [3.63, 3.8) is 0 Å². The summed E-state index contributed by atoms with van der Waals surface area (Å²) in [4.78, 5) is 49.3. The van der Waals surface area contributed by atoms with Gasteiger partial charge in [0.25, 0.3) is 5.79 Å². The van der Waals surface area contributed by atoms with Crippen molar-refractivity contribution >= 4 is 21.6 Å². The monoisotopic (exact) mass is 752 g/mol. The van der Waals surface area contributed by atoms with Crippen molar-refractivity contribution in [2.24, 2.45) is 0 Å². The first-order chi connectivity index (χ1) is 22.0. The molecule has 48 heavy (non-hydrogen) atoms. The summed E-state index contributed by atoms with van der Waals surface area (Å²) >= 11 is 0. The first-order valence-electron chi connectivity index (χ1n) is 13.7. The average molecular weight is 752 g/mol. The molecule has 3 fully saturated rings. The largest absolute Gasteiger partial charge is 0.477 e. The van der Waals surface area contributed by atoms with Gasteiger partial charge < -0.3 is 99.4 Å². The van der Waals surface area contributed by atoms with Crippen LogP contribution in [0, 0.1) is 0 Å². The van der Waals surface area contributed by atoms with E-state index >= 15 is 0 Å². The summed E-state index contributed by atoms with van der Waals surface area (Å²) < 4.78 is 58.4. The van der Waals surface area contributed by atoms with Crippen LogP contribution >= 0.6 is 15.6 Å². The second kappa shape index (κ2) is 16.2. The summed E-state index contributed by atoms with van der Waals surface area (Å²) in [6.07, 6.45) is -33.3. The minimum absolute atomic E-state index is 0.858. The Morgan fingerprint density at radius 1 is 0.792 bits per heavy atom. The Labute approximate surface area is 268 Å². The lowest BCUT2D eigenvalue weighted by Crippen LogP contribution is -2.67. The molecule has 3 aliphatic heterocycles. The predicted octanol–water partition coefficient (Wildman–Crippen LogP) is -8.13. The zero-order chi connectivity index (χ0) is 36.5. The number of phosphoric ester groups is 2. The highest BCUT2D eigenvalue weighted by Crippen LogP contribution is 2.46. The molecule has 0 aliphatic carbocycles. The van der Waals surface area contributed by atoms with Crippen molar-refractivity contribution in [3.8, 4) is 0 Å². The van der Waals surface area contributed by atoms with Crippen molar-refractivity contribution in [1.82, 2.24) is 0 Å². The average Bonchev–Trinajstić information content (AvgIpc) is 2.98. The summed E-state index contributed by atoms with van der Waals surface area (Å²) in [6.45, 7) is -3.16. The Hall–Kier alpha value is -0.910. The minimum Gasteiger partial charge on any atom is -0.477 e. The quantitative estimate of drug-likeness (QED) is 0.0732. The highest BCUT2D eigenvalue weighted by Gasteiger charge is 2.58. The molecule has 0 radical (unpaired) electrons. The van der Waals surface area contributed by atoms with Gasteiger partial charge in [-0.2, -0.15) is 0 Å². The molecule has 3 heterocycles. The number of ether oxygens (including phenoxy) is 5. The Bertz CT molecular complexity index is 1160. The first kappa shape index (κ1) is 41.5. The second-order valence-corrected chi connectivity index (χ2v) is 13.4. The SMILES string of the molecule is O=C(O)[C@@]1(O)C[C@@H](OP(=O)(O)O)[C@@H](O[C@H]2O[C@H]([C@@H](O)CO[C@@H]3O[C@H](CO)[C@H](O)[C@H](O)[C@H]3O)[C@@H](O)[C@H](OP(=O)(O)O)[C@@H]2O)[C@@H]([C@H](O)CO)O1. The third-order valence-corrected chi connectivity index (χ3v) is 8.52.